The fraction of sp³-hybridized carbons (Fsp3) is 0.900. The summed E-state index contributed by atoms with van der Waals surface area (Å²) in [5, 5.41) is 30.6. The van der Waals surface area contributed by atoms with Gasteiger partial charge in [-0.15, -0.1) is 0 Å². The van der Waals surface area contributed by atoms with Crippen LogP contribution in [0, 0.1) is 50.7 Å². The van der Waals surface area contributed by atoms with Gasteiger partial charge in [0.15, 0.2) is 0 Å². The molecule has 10 atom stereocenters. The molecule has 0 amide bonds. The second-order valence-electron chi connectivity index (χ2n) is 14.5. The van der Waals surface area contributed by atoms with Gasteiger partial charge in [-0.25, -0.2) is 4.79 Å². The lowest BCUT2D eigenvalue weighted by atomic mass is 9.41. The predicted molar refractivity (Wildman–Crippen MR) is 134 cm³/mol. The van der Waals surface area contributed by atoms with Crippen molar-refractivity contribution < 1.29 is 20.1 Å². The van der Waals surface area contributed by atoms with E-state index in [-0.39, 0.29) is 22.5 Å². The minimum Gasteiger partial charge on any atom is -0.478 e. The summed E-state index contributed by atoms with van der Waals surface area (Å²) in [6.07, 6.45) is 12.7. The van der Waals surface area contributed by atoms with Crippen LogP contribution in [0.4, 0.5) is 0 Å². The zero-order valence-electron chi connectivity index (χ0n) is 22.4. The molecule has 4 heteroatoms. The molecular weight excluding hydrogens is 424 g/mol. The molecule has 3 N–H and O–H groups in total. The van der Waals surface area contributed by atoms with E-state index in [1.54, 1.807) is 6.92 Å². The summed E-state index contributed by atoms with van der Waals surface area (Å²) in [6.45, 7) is 13.7. The highest BCUT2D eigenvalue weighted by Gasteiger charge is 2.82. The van der Waals surface area contributed by atoms with E-state index in [9.17, 15) is 20.1 Å². The van der Waals surface area contributed by atoms with Crippen LogP contribution in [0.25, 0.3) is 0 Å². The molecule has 0 aromatic rings. The molecule has 34 heavy (non-hydrogen) atoms. The van der Waals surface area contributed by atoms with Gasteiger partial charge < -0.3 is 15.3 Å². The lowest BCUT2D eigenvalue weighted by Gasteiger charge is -2.63. The third-order valence-corrected chi connectivity index (χ3v) is 13.2. The van der Waals surface area contributed by atoms with Crippen molar-refractivity contribution in [2.24, 2.45) is 50.7 Å². The number of carbonyl (C=O) groups is 1. The van der Waals surface area contributed by atoms with Crippen molar-refractivity contribution in [3.05, 3.63) is 11.6 Å². The number of carboxylic acid groups (broad SMARTS) is 1. The molecule has 0 aliphatic heterocycles. The smallest absolute Gasteiger partial charge is 0.331 e. The van der Waals surface area contributed by atoms with Gasteiger partial charge in [0.25, 0.3) is 0 Å². The molecule has 0 radical (unpaired) electrons. The van der Waals surface area contributed by atoms with Gasteiger partial charge in [-0.2, -0.15) is 0 Å². The molecule has 192 valence electrons. The van der Waals surface area contributed by atoms with Crippen LogP contribution in [0.1, 0.15) is 106 Å². The Morgan fingerprint density at radius 2 is 1.59 bits per heavy atom. The van der Waals surface area contributed by atoms with E-state index < -0.39 is 12.1 Å². The van der Waals surface area contributed by atoms with Gasteiger partial charge in [0.2, 0.25) is 0 Å². The molecule has 5 fully saturated rings. The molecule has 0 aromatic heterocycles. The van der Waals surface area contributed by atoms with Crippen molar-refractivity contribution in [3.8, 4) is 0 Å². The van der Waals surface area contributed by atoms with Crippen molar-refractivity contribution in [2.75, 3.05) is 0 Å². The van der Waals surface area contributed by atoms with E-state index in [4.69, 9.17) is 0 Å². The number of hydrogen-bond acceptors (Lipinski definition) is 3. The van der Waals surface area contributed by atoms with Gasteiger partial charge >= 0.3 is 5.97 Å². The van der Waals surface area contributed by atoms with Crippen LogP contribution in [0.5, 0.6) is 0 Å². The van der Waals surface area contributed by atoms with Gasteiger partial charge in [0.05, 0.1) is 12.2 Å². The zero-order chi connectivity index (χ0) is 24.9. The van der Waals surface area contributed by atoms with Crippen LogP contribution in [-0.2, 0) is 4.79 Å². The zero-order valence-corrected chi connectivity index (χ0v) is 22.4. The molecule has 5 aliphatic rings. The van der Waals surface area contributed by atoms with Crippen LogP contribution in [0.3, 0.4) is 0 Å². The number of hydrogen-bond donors (Lipinski definition) is 3. The minimum absolute atomic E-state index is 0.0405. The maximum absolute atomic E-state index is 11.2. The monoisotopic (exact) mass is 472 g/mol. The van der Waals surface area contributed by atoms with Crippen LogP contribution < -0.4 is 0 Å². The largest absolute Gasteiger partial charge is 0.478 e. The average Bonchev–Trinajstić information content (AvgIpc) is 3.33. The van der Waals surface area contributed by atoms with Crippen LogP contribution in [-0.4, -0.2) is 33.5 Å². The molecule has 0 saturated heterocycles. The second-order valence-corrected chi connectivity index (χ2v) is 14.5. The molecule has 4 nitrogen and oxygen atoms in total. The van der Waals surface area contributed by atoms with Gasteiger partial charge in [0.1, 0.15) is 0 Å². The van der Waals surface area contributed by atoms with E-state index >= 15 is 0 Å². The average molecular weight is 473 g/mol. The SMILES string of the molecule is C/C(=C\[C@H](O)C[C@@H](C)[C@H]1CC[C@@]2(C)[C@@H]3CC[C@H]4C(C)(C)[C@@H](O)CC[C@@]45C[C@@]35CC[C@]12C)C(=O)O. The number of aliphatic carboxylic acids is 1. The van der Waals surface area contributed by atoms with Crippen LogP contribution >= 0.6 is 0 Å². The summed E-state index contributed by atoms with van der Waals surface area (Å²) in [4.78, 5) is 11.2. The van der Waals surface area contributed by atoms with E-state index in [2.05, 4.69) is 34.6 Å². The van der Waals surface area contributed by atoms with E-state index in [0.29, 0.717) is 40.4 Å². The number of rotatable bonds is 5. The summed E-state index contributed by atoms with van der Waals surface area (Å²) in [7, 11) is 0. The van der Waals surface area contributed by atoms with E-state index in [1.165, 1.54) is 57.4 Å². The lowest BCUT2D eigenvalue weighted by Crippen LogP contribution is -2.57. The van der Waals surface area contributed by atoms with Crippen LogP contribution in [0.15, 0.2) is 11.6 Å². The summed E-state index contributed by atoms with van der Waals surface area (Å²) in [5.74, 6) is 1.47. The molecule has 0 aromatic carbocycles. The Balaban J connectivity index is 1.38. The molecule has 5 rings (SSSR count). The maximum Gasteiger partial charge on any atom is 0.331 e. The first-order chi connectivity index (χ1) is 15.8. The highest BCUT2D eigenvalue weighted by molar-refractivity contribution is 5.85. The van der Waals surface area contributed by atoms with Gasteiger partial charge in [-0.1, -0.05) is 34.6 Å². The molecule has 0 unspecified atom stereocenters. The predicted octanol–water partition coefficient (Wildman–Crippen LogP) is 6.20. The summed E-state index contributed by atoms with van der Waals surface area (Å²) < 4.78 is 0. The summed E-state index contributed by atoms with van der Waals surface area (Å²) in [6, 6.07) is 0. The highest BCUT2D eigenvalue weighted by Crippen LogP contribution is 2.89. The van der Waals surface area contributed by atoms with Crippen molar-refractivity contribution in [1.82, 2.24) is 0 Å². The lowest BCUT2D eigenvalue weighted by molar-refractivity contribution is -0.162. The molecule has 0 heterocycles. The van der Waals surface area contributed by atoms with E-state index in [0.717, 1.165) is 12.3 Å². The molecule has 0 bridgehead atoms. The molecule has 5 saturated carbocycles. The fourth-order valence-electron chi connectivity index (χ4n) is 11.3. The quantitative estimate of drug-likeness (QED) is 0.416. The number of aliphatic hydroxyl groups is 2. The normalized spacial score (nSPS) is 50.9. The topological polar surface area (TPSA) is 77.8 Å². The van der Waals surface area contributed by atoms with Crippen molar-refractivity contribution in [2.45, 2.75) is 118 Å². The van der Waals surface area contributed by atoms with Crippen LogP contribution in [0.2, 0.25) is 0 Å². The first-order valence-electron chi connectivity index (χ1n) is 14.0. The standard InChI is InChI=1S/C30H48O4/c1-18(15-20(31)16-19(2)25(33)34)21-9-11-28(6)23-8-7-22-26(3,4)24(32)10-12-29(22)17-30(23,29)14-13-27(21,28)5/h16,18,20-24,31-32H,7-15,17H2,1-6H3,(H,33,34)/b19-16+/t18-,20-,21-,22+,23+,24+,27-,28+,29-,30+/m1/s1. The second kappa shape index (κ2) is 7.57. The van der Waals surface area contributed by atoms with Gasteiger partial charge in [-0.3, -0.25) is 0 Å². The summed E-state index contributed by atoms with van der Waals surface area (Å²) >= 11 is 0. The maximum atomic E-state index is 11.2. The Hall–Kier alpha value is -0.870. The molecule has 5 aliphatic carbocycles. The van der Waals surface area contributed by atoms with Crippen molar-refractivity contribution in [1.29, 1.82) is 0 Å². The Morgan fingerprint density at radius 1 is 0.941 bits per heavy atom. The first-order valence-corrected chi connectivity index (χ1v) is 14.0. The Bertz CT molecular complexity index is 892. The first kappa shape index (κ1) is 24.8. The molecule has 2 spiro atoms. The molecular formula is C30H48O4. The Labute approximate surface area is 206 Å². The highest BCUT2D eigenvalue weighted by atomic mass is 16.4. The summed E-state index contributed by atoms with van der Waals surface area (Å²) in [5.41, 5.74) is 1.88. The van der Waals surface area contributed by atoms with Gasteiger partial charge in [-0.05, 0) is 128 Å². The Kier molecular flexibility index (Phi) is 5.52. The minimum atomic E-state index is -0.947. The number of fused-ring (bicyclic) bond motifs is 2. The van der Waals surface area contributed by atoms with E-state index in [1.807, 2.05) is 0 Å². The van der Waals surface area contributed by atoms with Gasteiger partial charge in [0, 0.05) is 5.57 Å². The third kappa shape index (κ3) is 3.00. The number of carboxylic acids is 1. The van der Waals surface area contributed by atoms with Crippen molar-refractivity contribution >= 4 is 5.97 Å². The third-order valence-electron chi connectivity index (χ3n) is 13.2. The number of aliphatic hydroxyl groups excluding tert-OH is 2. The van der Waals surface area contributed by atoms with Crippen molar-refractivity contribution in [3.63, 3.8) is 0 Å². The Morgan fingerprint density at radius 3 is 2.26 bits per heavy atom. The fourth-order valence-corrected chi connectivity index (χ4v) is 11.3.